The number of hydrogen-bond donors (Lipinski definition) is 0. The first-order valence-electron chi connectivity index (χ1n) is 2.87. The quantitative estimate of drug-likeness (QED) is 0.678. The molecule has 0 aliphatic rings. The topological polar surface area (TPSA) is 30.0 Å². The maximum absolute atomic E-state index is 10.0. The van der Waals surface area contributed by atoms with Crippen LogP contribution in [0, 0.1) is 0 Å². The molecule has 0 spiro atoms. The van der Waals surface area contributed by atoms with Crippen LogP contribution in [0.2, 0.25) is 0 Å². The second-order valence-corrected chi connectivity index (χ2v) is 2.75. The summed E-state index contributed by atoms with van der Waals surface area (Å²) in [4.78, 5) is 14.0. The summed E-state index contributed by atoms with van der Waals surface area (Å²) in [6.45, 7) is 0. The molecule has 0 fully saturated rings. The first-order valence-corrected chi connectivity index (χ1v) is 3.66. The Morgan fingerprint density at radius 3 is 3.10 bits per heavy atom. The van der Waals surface area contributed by atoms with Crippen molar-refractivity contribution in [1.29, 1.82) is 0 Å². The van der Waals surface area contributed by atoms with Gasteiger partial charge in [0.15, 0.2) is 0 Å². The van der Waals surface area contributed by atoms with Crippen LogP contribution in [-0.2, 0) is 11.2 Å². The molecule has 1 aromatic heterocycles. The van der Waals surface area contributed by atoms with E-state index >= 15 is 0 Å². The fourth-order valence-corrected chi connectivity index (χ4v) is 1.03. The molecular formula is C7H6BrNO. The lowest BCUT2D eigenvalue weighted by atomic mass is 10.3. The van der Waals surface area contributed by atoms with Gasteiger partial charge in [-0.25, -0.2) is 0 Å². The van der Waals surface area contributed by atoms with Gasteiger partial charge in [-0.3, -0.25) is 4.98 Å². The smallest absolute Gasteiger partial charge is 0.125 e. The molecule has 1 aromatic rings. The Hall–Kier alpha value is -0.700. The fourth-order valence-electron chi connectivity index (χ4n) is 0.646. The van der Waals surface area contributed by atoms with Crippen molar-refractivity contribution in [2.24, 2.45) is 0 Å². The second kappa shape index (κ2) is 3.46. The number of pyridine rings is 1. The first-order chi connectivity index (χ1) is 4.83. The zero-order valence-electron chi connectivity index (χ0n) is 5.25. The van der Waals surface area contributed by atoms with Crippen LogP contribution in [-0.4, -0.2) is 11.3 Å². The monoisotopic (exact) mass is 199 g/mol. The fraction of sp³-hybridized carbons (Fsp3) is 0.143. The second-order valence-electron chi connectivity index (χ2n) is 1.84. The van der Waals surface area contributed by atoms with E-state index in [1.54, 1.807) is 6.20 Å². The Labute approximate surface area is 67.4 Å². The molecule has 0 aliphatic heterocycles. The molecule has 52 valence electrons. The lowest BCUT2D eigenvalue weighted by molar-refractivity contribution is -0.107. The molecule has 0 atom stereocenters. The molecule has 0 saturated carbocycles. The Bertz CT molecular complexity index is 237. The molecule has 0 saturated heterocycles. The number of nitrogens with zero attached hydrogens (tertiary/aromatic N) is 1. The molecule has 0 amide bonds. The maximum Gasteiger partial charge on any atom is 0.125 e. The molecule has 0 radical (unpaired) electrons. The third-order valence-corrected chi connectivity index (χ3v) is 1.56. The zero-order valence-corrected chi connectivity index (χ0v) is 6.84. The van der Waals surface area contributed by atoms with Gasteiger partial charge in [-0.1, -0.05) is 15.9 Å². The molecule has 3 heteroatoms. The summed E-state index contributed by atoms with van der Waals surface area (Å²) in [6.07, 6.45) is 2.90. The number of carbonyl (C=O) groups is 1. The predicted molar refractivity (Wildman–Crippen MR) is 41.7 cm³/mol. The van der Waals surface area contributed by atoms with Gasteiger partial charge in [0.25, 0.3) is 0 Å². The van der Waals surface area contributed by atoms with Crippen molar-refractivity contribution in [3.05, 3.63) is 28.5 Å². The van der Waals surface area contributed by atoms with Crippen LogP contribution < -0.4 is 0 Å². The highest BCUT2D eigenvalue weighted by atomic mass is 79.9. The van der Waals surface area contributed by atoms with Crippen molar-refractivity contribution in [1.82, 2.24) is 4.98 Å². The van der Waals surface area contributed by atoms with Crippen LogP contribution in [0.4, 0.5) is 0 Å². The Kier molecular flexibility index (Phi) is 2.57. The standard InChI is InChI=1S/C7H6BrNO/c8-6-1-3-9-7(5-6)2-4-10/h1,3-5H,2H2. The Morgan fingerprint density at radius 1 is 1.70 bits per heavy atom. The van der Waals surface area contributed by atoms with Gasteiger partial charge in [0.2, 0.25) is 0 Å². The minimum Gasteiger partial charge on any atom is -0.303 e. The van der Waals surface area contributed by atoms with Crippen LogP contribution in [0.5, 0.6) is 0 Å². The molecule has 1 rings (SSSR count). The SMILES string of the molecule is O=CCc1cc(Br)ccn1. The highest BCUT2D eigenvalue weighted by Crippen LogP contribution is 2.08. The van der Waals surface area contributed by atoms with Gasteiger partial charge in [-0.15, -0.1) is 0 Å². The van der Waals surface area contributed by atoms with Gasteiger partial charge in [-0.2, -0.15) is 0 Å². The van der Waals surface area contributed by atoms with Crippen LogP contribution in [0.25, 0.3) is 0 Å². The Balaban J connectivity index is 2.84. The van der Waals surface area contributed by atoms with Crippen LogP contribution in [0.1, 0.15) is 5.69 Å². The first kappa shape index (κ1) is 7.41. The van der Waals surface area contributed by atoms with Gasteiger partial charge in [0, 0.05) is 22.8 Å². The summed E-state index contributed by atoms with van der Waals surface area (Å²) >= 11 is 3.28. The average Bonchev–Trinajstić information content (AvgIpc) is 1.88. The van der Waals surface area contributed by atoms with E-state index < -0.39 is 0 Å². The molecule has 1 heterocycles. The van der Waals surface area contributed by atoms with E-state index in [-0.39, 0.29) is 0 Å². The zero-order chi connectivity index (χ0) is 7.40. The van der Waals surface area contributed by atoms with Gasteiger partial charge in [-0.05, 0) is 12.1 Å². The summed E-state index contributed by atoms with van der Waals surface area (Å²) in [5, 5.41) is 0. The molecule has 2 nitrogen and oxygen atoms in total. The minimum absolute atomic E-state index is 0.388. The highest BCUT2D eigenvalue weighted by Gasteiger charge is 1.91. The van der Waals surface area contributed by atoms with Crippen LogP contribution in [0.3, 0.4) is 0 Å². The van der Waals surface area contributed by atoms with E-state index in [0.29, 0.717) is 6.42 Å². The summed E-state index contributed by atoms with van der Waals surface area (Å²) in [6, 6.07) is 3.66. The molecule has 0 N–H and O–H groups in total. The Morgan fingerprint density at radius 2 is 2.50 bits per heavy atom. The summed E-state index contributed by atoms with van der Waals surface area (Å²) < 4.78 is 0.958. The number of aromatic nitrogens is 1. The van der Waals surface area contributed by atoms with Crippen molar-refractivity contribution in [2.45, 2.75) is 6.42 Å². The summed E-state index contributed by atoms with van der Waals surface area (Å²) in [5.41, 5.74) is 0.796. The minimum atomic E-state index is 0.388. The van der Waals surface area contributed by atoms with E-state index in [1.807, 2.05) is 12.1 Å². The lowest BCUT2D eigenvalue weighted by Gasteiger charge is -1.92. The van der Waals surface area contributed by atoms with E-state index in [9.17, 15) is 4.79 Å². The van der Waals surface area contributed by atoms with Crippen molar-refractivity contribution >= 4 is 22.2 Å². The largest absolute Gasteiger partial charge is 0.303 e. The highest BCUT2D eigenvalue weighted by molar-refractivity contribution is 9.10. The molecular weight excluding hydrogens is 194 g/mol. The molecule has 0 unspecified atom stereocenters. The normalized spacial score (nSPS) is 9.30. The molecule has 10 heavy (non-hydrogen) atoms. The summed E-state index contributed by atoms with van der Waals surface area (Å²) in [5.74, 6) is 0. The van der Waals surface area contributed by atoms with Crippen molar-refractivity contribution < 1.29 is 4.79 Å². The molecule has 0 aliphatic carbocycles. The van der Waals surface area contributed by atoms with E-state index in [2.05, 4.69) is 20.9 Å². The van der Waals surface area contributed by atoms with E-state index in [4.69, 9.17) is 0 Å². The molecule has 0 aromatic carbocycles. The number of aldehydes is 1. The van der Waals surface area contributed by atoms with E-state index in [1.165, 1.54) is 0 Å². The van der Waals surface area contributed by atoms with Crippen molar-refractivity contribution in [3.63, 3.8) is 0 Å². The van der Waals surface area contributed by atoms with Gasteiger partial charge < -0.3 is 4.79 Å². The third-order valence-electron chi connectivity index (χ3n) is 1.07. The maximum atomic E-state index is 10.0. The average molecular weight is 200 g/mol. The van der Waals surface area contributed by atoms with Gasteiger partial charge >= 0.3 is 0 Å². The van der Waals surface area contributed by atoms with E-state index in [0.717, 1.165) is 16.5 Å². The van der Waals surface area contributed by atoms with Crippen molar-refractivity contribution in [2.75, 3.05) is 0 Å². The summed E-state index contributed by atoms with van der Waals surface area (Å²) in [7, 11) is 0. The van der Waals surface area contributed by atoms with Crippen LogP contribution in [0.15, 0.2) is 22.8 Å². The van der Waals surface area contributed by atoms with Crippen LogP contribution >= 0.6 is 15.9 Å². The number of rotatable bonds is 2. The van der Waals surface area contributed by atoms with Gasteiger partial charge in [0.1, 0.15) is 6.29 Å². The predicted octanol–water partition coefficient (Wildman–Crippen LogP) is 1.59. The number of hydrogen-bond acceptors (Lipinski definition) is 2. The molecule has 0 bridgehead atoms. The number of halogens is 1. The number of carbonyl (C=O) groups excluding carboxylic acids is 1. The lowest BCUT2D eigenvalue weighted by Crippen LogP contribution is -1.88. The van der Waals surface area contributed by atoms with Crippen molar-refractivity contribution in [3.8, 4) is 0 Å². The third kappa shape index (κ3) is 1.92. The van der Waals surface area contributed by atoms with Gasteiger partial charge in [0.05, 0.1) is 0 Å².